The van der Waals surface area contributed by atoms with E-state index in [4.69, 9.17) is 4.42 Å². The summed E-state index contributed by atoms with van der Waals surface area (Å²) in [5.74, 6) is 1.01. The van der Waals surface area contributed by atoms with Crippen LogP contribution >= 0.6 is 27.3 Å². The summed E-state index contributed by atoms with van der Waals surface area (Å²) in [6, 6.07) is 4.19. The van der Waals surface area contributed by atoms with Crippen LogP contribution in [0.3, 0.4) is 0 Å². The molecule has 2 aromatic rings. The summed E-state index contributed by atoms with van der Waals surface area (Å²) in [6.07, 6.45) is 4.45. The molecule has 1 unspecified atom stereocenters. The molecule has 16 heavy (non-hydrogen) atoms. The Morgan fingerprint density at radius 2 is 2.50 bits per heavy atom. The maximum Gasteiger partial charge on any atom is 0.110 e. The number of hydrogen-bond donors (Lipinski definition) is 1. The first-order chi connectivity index (χ1) is 7.75. The largest absolute Gasteiger partial charge is 0.469 e. The molecule has 2 rings (SSSR count). The van der Waals surface area contributed by atoms with E-state index in [0.29, 0.717) is 0 Å². The van der Waals surface area contributed by atoms with Crippen molar-refractivity contribution in [2.75, 3.05) is 6.54 Å². The molecule has 1 N–H and O–H groups in total. The van der Waals surface area contributed by atoms with E-state index in [0.717, 1.165) is 27.5 Å². The zero-order chi connectivity index (χ0) is 11.4. The fourth-order valence-electron chi connectivity index (χ4n) is 1.42. The third-order valence-corrected chi connectivity index (χ3v) is 3.93. The van der Waals surface area contributed by atoms with Gasteiger partial charge in [0.25, 0.3) is 0 Å². The number of aromatic nitrogens is 1. The molecule has 0 saturated heterocycles. The van der Waals surface area contributed by atoms with Crippen molar-refractivity contribution in [1.82, 2.24) is 10.3 Å². The zero-order valence-corrected chi connectivity index (χ0v) is 11.3. The van der Waals surface area contributed by atoms with Gasteiger partial charge >= 0.3 is 0 Å². The van der Waals surface area contributed by atoms with Crippen LogP contribution in [-0.4, -0.2) is 11.5 Å². The number of nitrogens with zero attached hydrogens (tertiary/aromatic N) is 1. The lowest BCUT2D eigenvalue weighted by Crippen LogP contribution is -2.21. The second kappa shape index (κ2) is 5.61. The Morgan fingerprint density at radius 1 is 1.62 bits per heavy atom. The molecular weight excluding hydrogens is 288 g/mol. The molecular formula is C11H13BrN2OS. The molecule has 0 aliphatic heterocycles. The molecule has 0 radical (unpaired) electrons. The molecule has 1 atom stereocenters. The lowest BCUT2D eigenvalue weighted by molar-refractivity contribution is 0.485. The predicted octanol–water partition coefficient (Wildman–Crippen LogP) is 3.39. The molecule has 0 aliphatic carbocycles. The topological polar surface area (TPSA) is 38.1 Å². The van der Waals surface area contributed by atoms with Crippen LogP contribution in [0.2, 0.25) is 0 Å². The van der Waals surface area contributed by atoms with Crippen LogP contribution in [0.1, 0.15) is 23.7 Å². The van der Waals surface area contributed by atoms with Crippen LogP contribution in [0.4, 0.5) is 0 Å². The average Bonchev–Trinajstić information content (AvgIpc) is 2.89. The highest BCUT2D eigenvalue weighted by atomic mass is 79.9. The normalized spacial score (nSPS) is 12.9. The van der Waals surface area contributed by atoms with E-state index in [-0.39, 0.29) is 6.04 Å². The average molecular weight is 301 g/mol. The molecule has 86 valence electrons. The summed E-state index contributed by atoms with van der Waals surface area (Å²) in [7, 11) is 0. The maximum absolute atomic E-state index is 5.26. The van der Waals surface area contributed by atoms with Crippen LogP contribution in [-0.2, 0) is 6.42 Å². The zero-order valence-electron chi connectivity index (χ0n) is 8.94. The van der Waals surface area contributed by atoms with Crippen molar-refractivity contribution in [2.24, 2.45) is 0 Å². The fourth-order valence-corrected chi connectivity index (χ4v) is 2.69. The number of thiazole rings is 1. The van der Waals surface area contributed by atoms with Gasteiger partial charge in [0.1, 0.15) is 10.8 Å². The van der Waals surface area contributed by atoms with Crippen molar-refractivity contribution in [3.05, 3.63) is 39.1 Å². The van der Waals surface area contributed by atoms with E-state index in [9.17, 15) is 0 Å². The molecule has 3 nitrogen and oxygen atoms in total. The van der Waals surface area contributed by atoms with Crippen LogP contribution in [0.15, 0.2) is 32.8 Å². The summed E-state index contributed by atoms with van der Waals surface area (Å²) in [5.41, 5.74) is 0. The van der Waals surface area contributed by atoms with Crippen molar-refractivity contribution in [3.8, 4) is 0 Å². The quantitative estimate of drug-likeness (QED) is 0.920. The molecule has 0 aliphatic rings. The van der Waals surface area contributed by atoms with Crippen molar-refractivity contribution < 1.29 is 4.42 Å². The third-order valence-electron chi connectivity index (χ3n) is 2.27. The maximum atomic E-state index is 5.26. The van der Waals surface area contributed by atoms with Gasteiger partial charge in [0.15, 0.2) is 0 Å². The first-order valence-corrected chi connectivity index (χ1v) is 6.73. The summed E-state index contributed by atoms with van der Waals surface area (Å²) in [4.78, 5) is 4.32. The minimum Gasteiger partial charge on any atom is -0.469 e. The molecule has 0 bridgehead atoms. The molecule has 5 heteroatoms. The standard InChI is InChI=1S/C11H13BrN2OS/c1-8(11-14-7-10(12)16-11)13-5-4-9-3-2-6-15-9/h2-3,6-8,13H,4-5H2,1H3. The number of rotatable bonds is 5. The van der Waals surface area contributed by atoms with Gasteiger partial charge in [-0.2, -0.15) is 0 Å². The molecule has 0 spiro atoms. The Labute approximate surface area is 107 Å². The van der Waals surface area contributed by atoms with Gasteiger partial charge in [0.05, 0.1) is 22.3 Å². The molecule has 2 aromatic heterocycles. The Balaban J connectivity index is 1.78. The van der Waals surface area contributed by atoms with Crippen molar-refractivity contribution in [2.45, 2.75) is 19.4 Å². The number of halogens is 1. The second-order valence-electron chi connectivity index (χ2n) is 3.51. The molecule has 0 fully saturated rings. The molecule has 0 aromatic carbocycles. The summed E-state index contributed by atoms with van der Waals surface area (Å²) in [6.45, 7) is 3.01. The van der Waals surface area contributed by atoms with E-state index < -0.39 is 0 Å². The van der Waals surface area contributed by atoms with Crippen LogP contribution in [0.5, 0.6) is 0 Å². The van der Waals surface area contributed by atoms with Crippen LogP contribution in [0.25, 0.3) is 0 Å². The lowest BCUT2D eigenvalue weighted by Gasteiger charge is -2.09. The Morgan fingerprint density at radius 3 is 3.12 bits per heavy atom. The number of nitrogens with one attached hydrogen (secondary N) is 1. The third kappa shape index (κ3) is 3.17. The van der Waals surface area contributed by atoms with Gasteiger partial charge in [0, 0.05) is 13.0 Å². The highest BCUT2D eigenvalue weighted by Gasteiger charge is 2.08. The molecule has 0 amide bonds. The van der Waals surface area contributed by atoms with Crippen LogP contribution < -0.4 is 5.32 Å². The molecule has 2 heterocycles. The summed E-state index contributed by atoms with van der Waals surface area (Å²) < 4.78 is 6.34. The number of furan rings is 1. The first-order valence-electron chi connectivity index (χ1n) is 5.12. The smallest absolute Gasteiger partial charge is 0.110 e. The molecule has 0 saturated carbocycles. The first kappa shape index (κ1) is 11.8. The highest BCUT2D eigenvalue weighted by Crippen LogP contribution is 2.23. The Kier molecular flexibility index (Phi) is 4.15. The van der Waals surface area contributed by atoms with Gasteiger partial charge in [-0.1, -0.05) is 0 Å². The van der Waals surface area contributed by atoms with Crippen molar-refractivity contribution in [1.29, 1.82) is 0 Å². The van der Waals surface area contributed by atoms with Gasteiger partial charge < -0.3 is 9.73 Å². The summed E-state index contributed by atoms with van der Waals surface area (Å²) >= 11 is 5.08. The van der Waals surface area contributed by atoms with Gasteiger partial charge in [-0.15, -0.1) is 11.3 Å². The SMILES string of the molecule is CC(NCCc1ccco1)c1ncc(Br)s1. The fraction of sp³-hybridized carbons (Fsp3) is 0.364. The predicted molar refractivity (Wildman–Crippen MR) is 68.6 cm³/mol. The van der Waals surface area contributed by atoms with Crippen LogP contribution in [0, 0.1) is 0 Å². The minimum atomic E-state index is 0.284. The van der Waals surface area contributed by atoms with E-state index >= 15 is 0 Å². The summed E-state index contributed by atoms with van der Waals surface area (Å²) in [5, 5.41) is 4.52. The lowest BCUT2D eigenvalue weighted by atomic mass is 10.3. The monoisotopic (exact) mass is 300 g/mol. The van der Waals surface area contributed by atoms with Gasteiger partial charge in [-0.05, 0) is 35.0 Å². The van der Waals surface area contributed by atoms with Gasteiger partial charge in [-0.25, -0.2) is 4.98 Å². The minimum absolute atomic E-state index is 0.284. The number of hydrogen-bond acceptors (Lipinski definition) is 4. The van der Waals surface area contributed by atoms with Crippen molar-refractivity contribution >= 4 is 27.3 Å². The van der Waals surface area contributed by atoms with E-state index in [1.54, 1.807) is 17.6 Å². The second-order valence-corrected chi connectivity index (χ2v) is 5.95. The van der Waals surface area contributed by atoms with Crippen molar-refractivity contribution in [3.63, 3.8) is 0 Å². The van der Waals surface area contributed by atoms with Gasteiger partial charge in [0.2, 0.25) is 0 Å². The van der Waals surface area contributed by atoms with E-state index in [1.807, 2.05) is 18.3 Å². The Bertz CT molecular complexity index is 427. The van der Waals surface area contributed by atoms with E-state index in [2.05, 4.69) is 33.2 Å². The van der Waals surface area contributed by atoms with E-state index in [1.165, 1.54) is 0 Å². The Hall–Kier alpha value is -0.650. The highest BCUT2D eigenvalue weighted by molar-refractivity contribution is 9.11. The van der Waals surface area contributed by atoms with Gasteiger partial charge in [-0.3, -0.25) is 0 Å².